The monoisotopic (exact) mass is 393 g/mol. The molecule has 0 saturated heterocycles. The smallest absolute Gasteiger partial charge is 0.119 e. The van der Waals surface area contributed by atoms with E-state index in [0.717, 1.165) is 17.6 Å². The molecule has 146 valence electrons. The second-order valence-corrected chi connectivity index (χ2v) is 8.02. The van der Waals surface area contributed by atoms with Crippen molar-refractivity contribution in [2.24, 2.45) is 0 Å². The minimum absolute atomic E-state index is 0.00970. The van der Waals surface area contributed by atoms with E-state index in [1.54, 1.807) is 0 Å². The number of hydrogen-bond donors (Lipinski definition) is 2. The van der Waals surface area contributed by atoms with Gasteiger partial charge in [0.1, 0.15) is 5.75 Å². The van der Waals surface area contributed by atoms with Gasteiger partial charge in [-0.1, -0.05) is 75.3 Å². The van der Waals surface area contributed by atoms with Crippen LogP contribution in [0.1, 0.15) is 25.5 Å². The van der Waals surface area contributed by atoms with Crippen LogP contribution in [0.3, 0.4) is 0 Å². The molecule has 1 unspecified atom stereocenters. The van der Waals surface area contributed by atoms with Gasteiger partial charge < -0.3 is 15.2 Å². The zero-order chi connectivity index (χ0) is 19.8. The quantitative estimate of drug-likeness (QED) is 0.517. The molecule has 3 nitrogen and oxygen atoms in total. The first-order valence-corrected chi connectivity index (χ1v) is 10.9. The largest absolute Gasteiger partial charge is 0.494 e. The van der Waals surface area contributed by atoms with Crippen molar-refractivity contribution in [3.63, 3.8) is 0 Å². The summed E-state index contributed by atoms with van der Waals surface area (Å²) in [4.78, 5) is 0. The lowest BCUT2D eigenvalue weighted by molar-refractivity contribution is 0.139. The molecule has 2 N–H and O–H groups in total. The highest BCUT2D eigenvalue weighted by Gasteiger charge is 2.15. The predicted molar refractivity (Wildman–Crippen MR) is 120 cm³/mol. The molecule has 0 radical (unpaired) electrons. The second-order valence-electron chi connectivity index (χ2n) is 6.74. The van der Waals surface area contributed by atoms with E-state index in [2.05, 4.69) is 41.7 Å². The van der Waals surface area contributed by atoms with E-state index < -0.39 is 6.10 Å². The second kappa shape index (κ2) is 10.4. The van der Waals surface area contributed by atoms with E-state index in [0.29, 0.717) is 15.2 Å². The molecule has 0 saturated carbocycles. The standard InChI is InChI=1S/C24H28NO2P/c1-3-27-22-11-7-10-21(16-22)19-12-14-23(15-13-19)28-17-25-18(2)24(26)20-8-5-4-6-9-20/h4-16,18,24-26,28H,3,17H2,1-2H3/t18-,24-/m0/s1. The summed E-state index contributed by atoms with van der Waals surface area (Å²) in [6.07, 6.45) is 0.357. The van der Waals surface area contributed by atoms with Crippen LogP contribution >= 0.6 is 8.58 Å². The number of benzene rings is 3. The molecular formula is C24H28NO2P. The van der Waals surface area contributed by atoms with Crippen molar-refractivity contribution in [1.82, 2.24) is 5.32 Å². The summed E-state index contributed by atoms with van der Waals surface area (Å²) in [5.41, 5.74) is 3.30. The van der Waals surface area contributed by atoms with Crippen LogP contribution in [-0.4, -0.2) is 24.0 Å². The first-order chi connectivity index (χ1) is 13.7. The lowest BCUT2D eigenvalue weighted by Crippen LogP contribution is -2.32. The Labute approximate surface area is 169 Å². The zero-order valence-electron chi connectivity index (χ0n) is 16.4. The number of ether oxygens (including phenoxy) is 1. The van der Waals surface area contributed by atoms with Crippen LogP contribution in [0.4, 0.5) is 0 Å². The van der Waals surface area contributed by atoms with Gasteiger partial charge in [-0.25, -0.2) is 0 Å². The molecule has 0 spiro atoms. The molecule has 0 aromatic heterocycles. The third-order valence-electron chi connectivity index (χ3n) is 4.69. The van der Waals surface area contributed by atoms with Crippen molar-refractivity contribution >= 4 is 13.9 Å². The van der Waals surface area contributed by atoms with E-state index in [1.807, 2.05) is 56.3 Å². The van der Waals surface area contributed by atoms with Crippen molar-refractivity contribution in [2.75, 3.05) is 12.9 Å². The molecular weight excluding hydrogens is 365 g/mol. The fraction of sp³-hybridized carbons (Fsp3) is 0.250. The summed E-state index contributed by atoms with van der Waals surface area (Å²) < 4.78 is 5.59. The average Bonchev–Trinajstić information content (AvgIpc) is 2.75. The maximum absolute atomic E-state index is 10.4. The molecule has 0 aliphatic rings. The molecule has 4 heteroatoms. The molecule has 3 aromatic rings. The Kier molecular flexibility index (Phi) is 7.62. The van der Waals surface area contributed by atoms with Gasteiger partial charge in [-0.05, 0) is 48.0 Å². The summed E-state index contributed by atoms with van der Waals surface area (Å²) in [6, 6.07) is 26.7. The van der Waals surface area contributed by atoms with Crippen molar-refractivity contribution in [1.29, 1.82) is 0 Å². The van der Waals surface area contributed by atoms with Crippen LogP contribution in [-0.2, 0) is 0 Å². The van der Waals surface area contributed by atoms with Gasteiger partial charge in [0.25, 0.3) is 0 Å². The number of aliphatic hydroxyl groups excluding tert-OH is 1. The number of nitrogens with one attached hydrogen (secondary N) is 1. The van der Waals surface area contributed by atoms with Crippen LogP contribution in [0.2, 0.25) is 0 Å². The summed E-state index contributed by atoms with van der Waals surface area (Å²) in [6.45, 7) is 4.70. The molecule has 0 bridgehead atoms. The number of aliphatic hydroxyl groups is 1. The molecule has 0 amide bonds. The van der Waals surface area contributed by atoms with Crippen molar-refractivity contribution < 1.29 is 9.84 Å². The van der Waals surface area contributed by atoms with Gasteiger partial charge in [0.2, 0.25) is 0 Å². The lowest BCUT2D eigenvalue weighted by Gasteiger charge is -2.20. The average molecular weight is 393 g/mol. The van der Waals surface area contributed by atoms with Gasteiger partial charge >= 0.3 is 0 Å². The van der Waals surface area contributed by atoms with Gasteiger partial charge in [-0.2, -0.15) is 0 Å². The molecule has 3 aromatic carbocycles. The van der Waals surface area contributed by atoms with Gasteiger partial charge in [-0.3, -0.25) is 0 Å². The molecule has 0 aliphatic heterocycles. The topological polar surface area (TPSA) is 41.5 Å². The molecule has 3 rings (SSSR count). The maximum Gasteiger partial charge on any atom is 0.119 e. The summed E-state index contributed by atoms with van der Waals surface area (Å²) in [5.74, 6) is 0.904. The van der Waals surface area contributed by atoms with Crippen molar-refractivity contribution in [3.8, 4) is 16.9 Å². The SMILES string of the molecule is CCOc1cccc(-c2ccc(PCN[C@@H](C)[C@H](O)c3ccccc3)cc2)c1. The first kappa shape index (κ1) is 20.5. The highest BCUT2D eigenvalue weighted by molar-refractivity contribution is 7.47. The molecule has 0 fully saturated rings. The molecule has 0 heterocycles. The molecule has 3 atom stereocenters. The minimum Gasteiger partial charge on any atom is -0.494 e. The van der Waals surface area contributed by atoms with Crippen LogP contribution in [0.15, 0.2) is 78.9 Å². The van der Waals surface area contributed by atoms with E-state index in [-0.39, 0.29) is 6.04 Å². The normalized spacial score (nSPS) is 13.5. The molecule has 0 aliphatic carbocycles. The Balaban J connectivity index is 1.52. The van der Waals surface area contributed by atoms with Gasteiger partial charge in [-0.15, -0.1) is 0 Å². The van der Waals surface area contributed by atoms with Gasteiger partial charge in [0, 0.05) is 12.3 Å². The fourth-order valence-corrected chi connectivity index (χ4v) is 4.11. The fourth-order valence-electron chi connectivity index (χ4n) is 3.08. The Hall–Kier alpha value is -2.19. The van der Waals surface area contributed by atoms with Crippen molar-refractivity contribution in [2.45, 2.75) is 26.0 Å². The lowest BCUT2D eigenvalue weighted by atomic mass is 10.0. The highest BCUT2D eigenvalue weighted by atomic mass is 31.1. The molecule has 28 heavy (non-hydrogen) atoms. The number of rotatable bonds is 9. The maximum atomic E-state index is 10.4. The van der Waals surface area contributed by atoms with Crippen LogP contribution < -0.4 is 15.4 Å². The Morgan fingerprint density at radius 1 is 0.929 bits per heavy atom. The van der Waals surface area contributed by atoms with Crippen molar-refractivity contribution in [3.05, 3.63) is 84.4 Å². The van der Waals surface area contributed by atoms with Crippen LogP contribution in [0.5, 0.6) is 5.75 Å². The van der Waals surface area contributed by atoms with E-state index >= 15 is 0 Å². The first-order valence-electron chi connectivity index (χ1n) is 9.71. The highest BCUT2D eigenvalue weighted by Crippen LogP contribution is 2.24. The number of hydrogen-bond acceptors (Lipinski definition) is 3. The minimum atomic E-state index is -0.494. The third-order valence-corrected chi connectivity index (χ3v) is 5.82. The van der Waals surface area contributed by atoms with E-state index in [1.165, 1.54) is 16.4 Å². The Morgan fingerprint density at radius 3 is 2.39 bits per heavy atom. The Morgan fingerprint density at radius 2 is 1.68 bits per heavy atom. The van der Waals surface area contributed by atoms with Crippen LogP contribution in [0.25, 0.3) is 11.1 Å². The van der Waals surface area contributed by atoms with Crippen LogP contribution in [0, 0.1) is 0 Å². The summed E-state index contributed by atoms with van der Waals surface area (Å²) in [5, 5.41) is 15.2. The van der Waals surface area contributed by atoms with E-state index in [9.17, 15) is 5.11 Å². The van der Waals surface area contributed by atoms with Gasteiger partial charge in [0.15, 0.2) is 0 Å². The Bertz CT molecular complexity index is 852. The third kappa shape index (κ3) is 5.65. The predicted octanol–water partition coefficient (Wildman–Crippen LogP) is 4.73. The zero-order valence-corrected chi connectivity index (χ0v) is 17.4. The van der Waals surface area contributed by atoms with E-state index in [4.69, 9.17) is 4.74 Å². The summed E-state index contributed by atoms with van der Waals surface area (Å²) in [7, 11) is 0.652. The van der Waals surface area contributed by atoms with Gasteiger partial charge in [0.05, 0.1) is 12.7 Å². The summed E-state index contributed by atoms with van der Waals surface area (Å²) >= 11 is 0.